The van der Waals surface area contributed by atoms with Crippen molar-refractivity contribution in [3.05, 3.63) is 23.8 Å². The minimum atomic E-state index is -1.29. The van der Waals surface area contributed by atoms with Crippen molar-refractivity contribution in [2.75, 3.05) is 5.32 Å². The third-order valence-electron chi connectivity index (χ3n) is 2.41. The van der Waals surface area contributed by atoms with Gasteiger partial charge in [-0.25, -0.2) is 0 Å². The monoisotopic (exact) mass is 221 g/mol. The normalized spacial score (nSPS) is 11.3. The van der Waals surface area contributed by atoms with Crippen molar-refractivity contribution in [1.82, 2.24) is 0 Å². The summed E-state index contributed by atoms with van der Waals surface area (Å²) in [5.74, 6) is -0.00849. The average molecular weight is 221 g/mol. The summed E-state index contributed by atoms with van der Waals surface area (Å²) >= 11 is 0. The summed E-state index contributed by atoms with van der Waals surface area (Å²) in [4.78, 5) is 11.0. The number of benzene rings is 1. The lowest BCUT2D eigenvalue weighted by Gasteiger charge is -2.18. The van der Waals surface area contributed by atoms with Crippen LogP contribution < -0.4 is 10.5 Å². The highest BCUT2D eigenvalue weighted by molar-refractivity contribution is 6.88. The quantitative estimate of drug-likeness (QED) is 0.764. The lowest BCUT2D eigenvalue weighted by molar-refractivity contribution is -0.114. The summed E-state index contributed by atoms with van der Waals surface area (Å²) in [7, 11) is -1.29. The lowest BCUT2D eigenvalue weighted by atomic mass is 10.2. The first-order valence-electron chi connectivity index (χ1n) is 5.19. The first kappa shape index (κ1) is 12.0. The van der Waals surface area contributed by atoms with Gasteiger partial charge in [-0.05, 0) is 18.6 Å². The summed E-state index contributed by atoms with van der Waals surface area (Å²) < 4.78 is 0. The van der Waals surface area contributed by atoms with Crippen molar-refractivity contribution in [3.63, 3.8) is 0 Å². The van der Waals surface area contributed by atoms with E-state index < -0.39 is 8.07 Å². The van der Waals surface area contributed by atoms with Crippen LogP contribution in [-0.2, 0) is 4.79 Å². The van der Waals surface area contributed by atoms with Gasteiger partial charge in [0.15, 0.2) is 0 Å². The van der Waals surface area contributed by atoms with Crippen LogP contribution in [0.25, 0.3) is 0 Å². The van der Waals surface area contributed by atoms with Crippen molar-refractivity contribution in [2.45, 2.75) is 33.5 Å². The SMILES string of the molecule is CC(=O)Nc1cc([Si](C)(C)C)ccc1C. The molecule has 2 nitrogen and oxygen atoms in total. The van der Waals surface area contributed by atoms with Crippen LogP contribution >= 0.6 is 0 Å². The Balaban J connectivity index is 3.11. The van der Waals surface area contributed by atoms with Gasteiger partial charge in [-0.2, -0.15) is 0 Å². The van der Waals surface area contributed by atoms with E-state index in [2.05, 4.69) is 43.2 Å². The fourth-order valence-corrected chi connectivity index (χ4v) is 2.57. The van der Waals surface area contributed by atoms with E-state index in [1.807, 2.05) is 6.92 Å². The topological polar surface area (TPSA) is 29.1 Å². The molecule has 0 atom stereocenters. The Kier molecular flexibility index (Phi) is 3.34. The zero-order valence-corrected chi connectivity index (χ0v) is 11.1. The average Bonchev–Trinajstić information content (AvgIpc) is 2.06. The number of carbonyl (C=O) groups is 1. The number of aryl methyl sites for hydroxylation is 1. The van der Waals surface area contributed by atoms with E-state index in [9.17, 15) is 4.79 Å². The Hall–Kier alpha value is -1.09. The minimum Gasteiger partial charge on any atom is -0.326 e. The summed E-state index contributed by atoms with van der Waals surface area (Å²) in [6, 6.07) is 6.37. The number of hydrogen-bond acceptors (Lipinski definition) is 1. The molecular weight excluding hydrogens is 202 g/mol. The van der Waals surface area contributed by atoms with Crippen molar-refractivity contribution < 1.29 is 4.79 Å². The van der Waals surface area contributed by atoms with E-state index in [4.69, 9.17) is 0 Å². The molecule has 0 heterocycles. The van der Waals surface area contributed by atoms with Gasteiger partial charge in [0.1, 0.15) is 0 Å². The number of nitrogens with one attached hydrogen (secondary N) is 1. The molecule has 1 N–H and O–H groups in total. The van der Waals surface area contributed by atoms with Gasteiger partial charge < -0.3 is 5.32 Å². The maximum atomic E-state index is 11.0. The molecule has 0 radical (unpaired) electrons. The molecule has 82 valence electrons. The molecule has 0 aliphatic rings. The van der Waals surface area contributed by atoms with Gasteiger partial charge in [0.2, 0.25) is 5.91 Å². The lowest BCUT2D eigenvalue weighted by Crippen LogP contribution is -2.37. The number of rotatable bonds is 2. The van der Waals surface area contributed by atoms with Crippen LogP contribution in [0.3, 0.4) is 0 Å². The second-order valence-corrected chi connectivity index (χ2v) is 10.0. The molecule has 0 bridgehead atoms. The highest BCUT2D eigenvalue weighted by Gasteiger charge is 2.17. The van der Waals surface area contributed by atoms with E-state index in [0.717, 1.165) is 11.3 Å². The molecule has 3 heteroatoms. The van der Waals surface area contributed by atoms with Gasteiger partial charge in [0, 0.05) is 12.6 Å². The predicted octanol–water partition coefficient (Wildman–Crippen LogP) is 2.50. The molecule has 0 aliphatic carbocycles. The molecule has 0 aromatic heterocycles. The van der Waals surface area contributed by atoms with Crippen LogP contribution in [0.2, 0.25) is 19.6 Å². The first-order valence-corrected chi connectivity index (χ1v) is 8.69. The van der Waals surface area contributed by atoms with E-state index in [0.29, 0.717) is 0 Å². The van der Waals surface area contributed by atoms with Crippen molar-refractivity contribution in [1.29, 1.82) is 0 Å². The molecule has 0 fully saturated rings. The van der Waals surface area contributed by atoms with E-state index in [1.54, 1.807) is 6.92 Å². The zero-order chi connectivity index (χ0) is 11.6. The third-order valence-corrected chi connectivity index (χ3v) is 4.46. The molecule has 1 amide bonds. The Morgan fingerprint density at radius 1 is 1.27 bits per heavy atom. The van der Waals surface area contributed by atoms with Crippen LogP contribution in [0.5, 0.6) is 0 Å². The highest BCUT2D eigenvalue weighted by Crippen LogP contribution is 2.14. The van der Waals surface area contributed by atoms with Gasteiger partial charge >= 0.3 is 0 Å². The van der Waals surface area contributed by atoms with Crippen LogP contribution in [0, 0.1) is 6.92 Å². The van der Waals surface area contributed by atoms with Crippen LogP contribution in [0.15, 0.2) is 18.2 Å². The highest BCUT2D eigenvalue weighted by atomic mass is 28.3. The molecule has 0 saturated heterocycles. The molecule has 1 aromatic carbocycles. The fraction of sp³-hybridized carbons (Fsp3) is 0.417. The Morgan fingerprint density at radius 3 is 2.33 bits per heavy atom. The van der Waals surface area contributed by atoms with Gasteiger partial charge in [-0.1, -0.05) is 37.0 Å². The predicted molar refractivity (Wildman–Crippen MR) is 68.5 cm³/mol. The molecule has 0 unspecified atom stereocenters. The van der Waals surface area contributed by atoms with Crippen molar-refractivity contribution in [2.24, 2.45) is 0 Å². The smallest absolute Gasteiger partial charge is 0.221 e. The number of amides is 1. The molecular formula is C12H19NOSi. The molecule has 0 aliphatic heterocycles. The number of hydrogen-bond donors (Lipinski definition) is 1. The first-order chi connectivity index (χ1) is 6.80. The van der Waals surface area contributed by atoms with Gasteiger partial charge in [0.25, 0.3) is 0 Å². The summed E-state index contributed by atoms with van der Waals surface area (Å²) in [6.07, 6.45) is 0. The number of anilines is 1. The molecule has 0 saturated carbocycles. The Labute approximate surface area is 92.7 Å². The van der Waals surface area contributed by atoms with E-state index in [-0.39, 0.29) is 5.91 Å². The standard InChI is InChI=1S/C12H19NOSi/c1-9-6-7-11(15(3,4)5)8-12(9)13-10(2)14/h6-8H,1-5H3,(H,13,14). The summed E-state index contributed by atoms with van der Waals surface area (Å²) in [6.45, 7) is 10.5. The van der Waals surface area contributed by atoms with Gasteiger partial charge in [-0.15, -0.1) is 0 Å². The van der Waals surface area contributed by atoms with Crippen LogP contribution in [0.1, 0.15) is 12.5 Å². The summed E-state index contributed by atoms with van der Waals surface area (Å²) in [5.41, 5.74) is 2.06. The van der Waals surface area contributed by atoms with Crippen LogP contribution in [-0.4, -0.2) is 14.0 Å². The van der Waals surface area contributed by atoms with E-state index in [1.165, 1.54) is 5.19 Å². The molecule has 1 aromatic rings. The zero-order valence-electron chi connectivity index (χ0n) is 10.1. The van der Waals surface area contributed by atoms with E-state index >= 15 is 0 Å². The fourth-order valence-electron chi connectivity index (χ4n) is 1.41. The Morgan fingerprint density at radius 2 is 1.87 bits per heavy atom. The number of carbonyl (C=O) groups excluding carboxylic acids is 1. The second kappa shape index (κ2) is 4.19. The maximum absolute atomic E-state index is 11.0. The second-order valence-electron chi connectivity index (χ2n) is 4.96. The van der Waals surface area contributed by atoms with Crippen LogP contribution in [0.4, 0.5) is 5.69 Å². The minimum absolute atomic E-state index is 0.00849. The van der Waals surface area contributed by atoms with Gasteiger partial charge in [-0.3, -0.25) is 4.79 Å². The Bertz CT molecular complexity index is 380. The maximum Gasteiger partial charge on any atom is 0.221 e. The van der Waals surface area contributed by atoms with Crippen molar-refractivity contribution >= 4 is 24.9 Å². The molecule has 15 heavy (non-hydrogen) atoms. The van der Waals surface area contributed by atoms with Gasteiger partial charge in [0.05, 0.1) is 8.07 Å². The summed E-state index contributed by atoms with van der Waals surface area (Å²) in [5, 5.41) is 4.24. The van der Waals surface area contributed by atoms with Crippen molar-refractivity contribution in [3.8, 4) is 0 Å². The molecule has 1 rings (SSSR count). The third kappa shape index (κ3) is 3.20. The largest absolute Gasteiger partial charge is 0.326 e. The molecule has 0 spiro atoms.